The molecule has 0 radical (unpaired) electrons. The summed E-state index contributed by atoms with van der Waals surface area (Å²) in [6, 6.07) is 0. The molecule has 0 atom stereocenters. The number of aromatic nitrogens is 2. The molecule has 8 nitrogen and oxygen atoms in total. The van der Waals surface area contributed by atoms with Crippen LogP contribution in [0, 0.1) is 17.0 Å². The van der Waals surface area contributed by atoms with Gasteiger partial charge in [0.2, 0.25) is 5.69 Å². The highest BCUT2D eigenvalue weighted by Gasteiger charge is 2.26. The van der Waals surface area contributed by atoms with E-state index in [1.165, 1.54) is 12.4 Å². The highest BCUT2D eigenvalue weighted by atomic mass is 16.6. The Bertz CT molecular complexity index is 357. The van der Waals surface area contributed by atoms with Crippen LogP contribution in [0.15, 0.2) is 0 Å². The largest absolute Gasteiger partial charge is 0.322 e. The summed E-state index contributed by atoms with van der Waals surface area (Å²) >= 11 is 0. The van der Waals surface area contributed by atoms with Crippen molar-refractivity contribution in [2.45, 2.75) is 6.92 Å². The van der Waals surface area contributed by atoms with Crippen molar-refractivity contribution in [3.63, 3.8) is 0 Å². The van der Waals surface area contributed by atoms with Crippen molar-refractivity contribution >= 4 is 11.6 Å². The van der Waals surface area contributed by atoms with Gasteiger partial charge in [-0.3, -0.25) is 25.2 Å². The van der Waals surface area contributed by atoms with Crippen LogP contribution >= 0.6 is 0 Å². The zero-order chi connectivity index (χ0) is 10.0. The number of nitrogens with zero attached hydrogens (tertiary/aromatic N) is 2. The summed E-state index contributed by atoms with van der Waals surface area (Å²) in [5.41, 5.74) is 0.542. The molecule has 70 valence electrons. The molecule has 0 fully saturated rings. The number of hydroxylamine groups is 1. The molecule has 0 saturated heterocycles. The standard InChI is InChI=1S/C5H6N4O4/c1-2-4(9(12)13)3(7-6-2)5(10)8-11/h11H,1H3,(H,6,7)(H,8,10). The molecule has 8 heteroatoms. The van der Waals surface area contributed by atoms with Gasteiger partial charge in [-0.05, 0) is 6.92 Å². The molecular weight excluding hydrogens is 180 g/mol. The average Bonchev–Trinajstić information content (AvgIpc) is 2.45. The number of amides is 1. The van der Waals surface area contributed by atoms with E-state index in [2.05, 4.69) is 10.2 Å². The van der Waals surface area contributed by atoms with E-state index in [4.69, 9.17) is 5.21 Å². The predicted octanol–water partition coefficient (Wildman–Crippen LogP) is -0.255. The normalized spacial score (nSPS) is 9.69. The van der Waals surface area contributed by atoms with E-state index in [9.17, 15) is 14.9 Å². The molecule has 1 aromatic heterocycles. The topological polar surface area (TPSA) is 121 Å². The highest BCUT2D eigenvalue weighted by molar-refractivity contribution is 5.95. The van der Waals surface area contributed by atoms with Crippen LogP contribution in [0.5, 0.6) is 0 Å². The Balaban J connectivity index is 3.22. The predicted molar refractivity (Wildman–Crippen MR) is 39.2 cm³/mol. The minimum Gasteiger partial charge on any atom is -0.288 e. The van der Waals surface area contributed by atoms with Crippen LogP contribution in [0.2, 0.25) is 0 Å². The number of aromatic amines is 1. The quantitative estimate of drug-likeness (QED) is 0.334. The van der Waals surface area contributed by atoms with Gasteiger partial charge in [0, 0.05) is 0 Å². The van der Waals surface area contributed by atoms with E-state index < -0.39 is 22.2 Å². The second-order valence-electron chi connectivity index (χ2n) is 2.24. The zero-order valence-electron chi connectivity index (χ0n) is 6.57. The van der Waals surface area contributed by atoms with Gasteiger partial charge >= 0.3 is 11.6 Å². The van der Waals surface area contributed by atoms with E-state index in [0.717, 1.165) is 0 Å². The second-order valence-corrected chi connectivity index (χ2v) is 2.24. The first-order valence-corrected chi connectivity index (χ1v) is 3.21. The number of nitrogens with one attached hydrogen (secondary N) is 2. The van der Waals surface area contributed by atoms with Crippen LogP contribution in [0.4, 0.5) is 5.69 Å². The molecule has 3 N–H and O–H groups in total. The van der Waals surface area contributed by atoms with Crippen molar-refractivity contribution in [3.8, 4) is 0 Å². The summed E-state index contributed by atoms with van der Waals surface area (Å²) in [5.74, 6) is -1.02. The lowest BCUT2D eigenvalue weighted by atomic mass is 10.3. The monoisotopic (exact) mass is 186 g/mol. The first-order valence-electron chi connectivity index (χ1n) is 3.21. The third-order valence-corrected chi connectivity index (χ3v) is 1.41. The Labute approximate surface area is 71.7 Å². The highest BCUT2D eigenvalue weighted by Crippen LogP contribution is 2.19. The Kier molecular flexibility index (Phi) is 2.24. The van der Waals surface area contributed by atoms with Crippen molar-refractivity contribution in [1.29, 1.82) is 0 Å². The van der Waals surface area contributed by atoms with Crippen LogP contribution in [-0.4, -0.2) is 26.2 Å². The van der Waals surface area contributed by atoms with E-state index in [1.54, 1.807) is 0 Å². The second kappa shape index (κ2) is 3.19. The molecule has 1 heterocycles. The summed E-state index contributed by atoms with van der Waals surface area (Å²) in [6.07, 6.45) is 0. The molecule has 0 saturated carbocycles. The summed E-state index contributed by atoms with van der Waals surface area (Å²) in [6.45, 7) is 1.40. The van der Waals surface area contributed by atoms with Crippen molar-refractivity contribution in [2.75, 3.05) is 0 Å². The van der Waals surface area contributed by atoms with Gasteiger partial charge in [0.1, 0.15) is 5.69 Å². The van der Waals surface area contributed by atoms with E-state index in [1.807, 2.05) is 0 Å². The lowest BCUT2D eigenvalue weighted by Crippen LogP contribution is -2.20. The molecule has 1 amide bonds. The molecular formula is C5H6N4O4. The molecule has 0 aliphatic rings. The smallest absolute Gasteiger partial charge is 0.288 e. The van der Waals surface area contributed by atoms with Crippen LogP contribution in [-0.2, 0) is 0 Å². The minimum absolute atomic E-state index is 0.156. The number of hydrogen-bond acceptors (Lipinski definition) is 5. The lowest BCUT2D eigenvalue weighted by molar-refractivity contribution is -0.385. The van der Waals surface area contributed by atoms with Gasteiger partial charge in [-0.15, -0.1) is 0 Å². The number of H-pyrrole nitrogens is 1. The van der Waals surface area contributed by atoms with Crippen molar-refractivity contribution < 1.29 is 14.9 Å². The molecule has 0 unspecified atom stereocenters. The molecule has 1 aromatic rings. The number of rotatable bonds is 2. The van der Waals surface area contributed by atoms with Gasteiger partial charge in [0.05, 0.1) is 4.92 Å². The average molecular weight is 186 g/mol. The van der Waals surface area contributed by atoms with Crippen LogP contribution in [0.25, 0.3) is 0 Å². The Morgan fingerprint density at radius 2 is 2.38 bits per heavy atom. The van der Waals surface area contributed by atoms with Gasteiger partial charge in [-0.2, -0.15) is 5.10 Å². The lowest BCUT2D eigenvalue weighted by Gasteiger charge is -1.92. The van der Waals surface area contributed by atoms with Crippen LogP contribution in [0.3, 0.4) is 0 Å². The summed E-state index contributed by atoms with van der Waals surface area (Å²) in [4.78, 5) is 20.5. The van der Waals surface area contributed by atoms with Crippen molar-refractivity contribution in [2.24, 2.45) is 0 Å². The van der Waals surface area contributed by atoms with Gasteiger partial charge in [-0.25, -0.2) is 5.48 Å². The number of aryl methyl sites for hydroxylation is 1. The molecule has 0 bridgehead atoms. The summed E-state index contributed by atoms with van der Waals surface area (Å²) in [7, 11) is 0. The first-order chi connectivity index (χ1) is 6.07. The number of nitro groups is 1. The fourth-order valence-corrected chi connectivity index (χ4v) is 0.858. The Morgan fingerprint density at radius 3 is 2.85 bits per heavy atom. The zero-order valence-corrected chi connectivity index (χ0v) is 6.57. The Hall–Kier alpha value is -1.96. The summed E-state index contributed by atoms with van der Waals surface area (Å²) < 4.78 is 0. The maximum atomic E-state index is 10.8. The van der Waals surface area contributed by atoms with E-state index in [-0.39, 0.29) is 5.69 Å². The van der Waals surface area contributed by atoms with Crippen LogP contribution < -0.4 is 5.48 Å². The molecule has 0 spiro atoms. The Morgan fingerprint density at radius 1 is 1.77 bits per heavy atom. The SMILES string of the molecule is Cc1[nH]nc(C(=O)NO)c1[N+](=O)[O-]. The van der Waals surface area contributed by atoms with Gasteiger partial charge in [-0.1, -0.05) is 0 Å². The van der Waals surface area contributed by atoms with Crippen molar-refractivity contribution in [3.05, 3.63) is 21.5 Å². The molecule has 1 rings (SSSR count). The summed E-state index contributed by atoms with van der Waals surface area (Å²) in [5, 5.41) is 24.3. The van der Waals surface area contributed by atoms with Gasteiger partial charge < -0.3 is 0 Å². The number of carbonyl (C=O) groups excluding carboxylic acids is 1. The van der Waals surface area contributed by atoms with Crippen molar-refractivity contribution in [1.82, 2.24) is 15.7 Å². The molecule has 0 aliphatic heterocycles. The molecule has 0 aliphatic carbocycles. The molecule has 13 heavy (non-hydrogen) atoms. The van der Waals surface area contributed by atoms with Gasteiger partial charge in [0.15, 0.2) is 0 Å². The van der Waals surface area contributed by atoms with Crippen LogP contribution in [0.1, 0.15) is 16.2 Å². The fraction of sp³-hybridized carbons (Fsp3) is 0.200. The molecule has 0 aromatic carbocycles. The third-order valence-electron chi connectivity index (χ3n) is 1.41. The van der Waals surface area contributed by atoms with E-state index >= 15 is 0 Å². The van der Waals surface area contributed by atoms with E-state index in [0.29, 0.717) is 0 Å². The third kappa shape index (κ3) is 1.47. The first kappa shape index (κ1) is 9.13. The maximum Gasteiger partial charge on any atom is 0.322 e. The number of carbonyl (C=O) groups is 1. The van der Waals surface area contributed by atoms with Gasteiger partial charge in [0.25, 0.3) is 0 Å². The fourth-order valence-electron chi connectivity index (χ4n) is 0.858. The minimum atomic E-state index is -1.02. The maximum absolute atomic E-state index is 10.8. The number of hydrogen-bond donors (Lipinski definition) is 3.